The number of ketones is 1. The van der Waals surface area contributed by atoms with Crippen molar-refractivity contribution >= 4 is 29.2 Å². The summed E-state index contributed by atoms with van der Waals surface area (Å²) in [5.41, 5.74) is 6.79. The summed E-state index contributed by atoms with van der Waals surface area (Å²) in [4.78, 5) is 55.3. The third-order valence-electron chi connectivity index (χ3n) is 6.47. The van der Waals surface area contributed by atoms with Gasteiger partial charge in [0.2, 0.25) is 5.91 Å². The van der Waals surface area contributed by atoms with Crippen LogP contribution in [0.1, 0.15) is 47.4 Å². The number of hydrogen-bond acceptors (Lipinski definition) is 6. The molecule has 0 saturated carbocycles. The summed E-state index contributed by atoms with van der Waals surface area (Å²) in [5, 5.41) is 14.4. The molecule has 184 valence electrons. The maximum absolute atomic E-state index is 13.6. The van der Waals surface area contributed by atoms with Crippen molar-refractivity contribution in [2.75, 3.05) is 18.8 Å². The number of hydrogen-bond donors (Lipinski definition) is 2. The number of nitrogens with zero attached hydrogens (tertiary/aromatic N) is 3. The Hall–Kier alpha value is -3.95. The Morgan fingerprint density at radius 2 is 1.86 bits per heavy atom. The maximum Gasteiger partial charge on any atom is 0.260 e. The van der Waals surface area contributed by atoms with E-state index in [0.29, 0.717) is 35.4 Å². The van der Waals surface area contributed by atoms with E-state index in [4.69, 9.17) is 5.73 Å². The lowest BCUT2D eigenvalue weighted by Gasteiger charge is -2.29. The number of likely N-dealkylation sites (tertiary alicyclic amines) is 2. The van der Waals surface area contributed by atoms with Crippen molar-refractivity contribution < 1.29 is 23.9 Å². The number of amides is 3. The standard InChI is InChI=1S/C25H29N5O5/c1-15(2)12-19(27-23(32)16-5-7-18(26)8-6-16)25(34)29-11-9-20-22(29)21(31)14-30(20)24(33)17-4-3-10-28(35)13-17/h3-8,10,13,15,19-20,22H,9,11-12,14,26H2,1-2H3,(H,27,32). The summed E-state index contributed by atoms with van der Waals surface area (Å²) in [5.74, 6) is -1.27. The van der Waals surface area contributed by atoms with Crippen LogP contribution in [-0.2, 0) is 9.59 Å². The molecule has 3 heterocycles. The van der Waals surface area contributed by atoms with Gasteiger partial charge in [0.05, 0.1) is 12.6 Å². The minimum absolute atomic E-state index is 0.114. The first kappa shape index (κ1) is 24.2. The summed E-state index contributed by atoms with van der Waals surface area (Å²) in [6.07, 6.45) is 3.29. The van der Waals surface area contributed by atoms with Gasteiger partial charge in [0.15, 0.2) is 18.2 Å². The maximum atomic E-state index is 13.6. The van der Waals surface area contributed by atoms with Gasteiger partial charge in [0, 0.05) is 23.9 Å². The van der Waals surface area contributed by atoms with Crippen LogP contribution < -0.4 is 15.8 Å². The predicted octanol–water partition coefficient (Wildman–Crippen LogP) is 0.741. The minimum Gasteiger partial charge on any atom is -0.619 e. The van der Waals surface area contributed by atoms with E-state index in [-0.39, 0.29) is 29.7 Å². The molecule has 2 fully saturated rings. The number of Topliss-reactive ketones (excluding diaryl/α,β-unsaturated/α-hetero) is 1. The van der Waals surface area contributed by atoms with E-state index in [1.54, 1.807) is 24.3 Å². The van der Waals surface area contributed by atoms with Gasteiger partial charge in [-0.25, -0.2) is 0 Å². The Bertz CT molecular complexity index is 1150. The molecular weight excluding hydrogens is 450 g/mol. The van der Waals surface area contributed by atoms with Gasteiger partial charge in [-0.15, -0.1) is 0 Å². The van der Waals surface area contributed by atoms with E-state index >= 15 is 0 Å². The largest absolute Gasteiger partial charge is 0.619 e. The summed E-state index contributed by atoms with van der Waals surface area (Å²) >= 11 is 0. The Labute approximate surface area is 203 Å². The molecule has 1 aromatic carbocycles. The third kappa shape index (κ3) is 4.96. The van der Waals surface area contributed by atoms with Crippen LogP contribution in [0.4, 0.5) is 5.69 Å². The average Bonchev–Trinajstić information content (AvgIpc) is 3.39. The second kappa shape index (κ2) is 9.73. The normalized spacial score (nSPS) is 20.1. The zero-order valence-corrected chi connectivity index (χ0v) is 19.7. The van der Waals surface area contributed by atoms with E-state index < -0.39 is 29.9 Å². The molecule has 2 aromatic rings. The van der Waals surface area contributed by atoms with E-state index in [2.05, 4.69) is 5.32 Å². The molecule has 3 amide bonds. The number of fused-ring (bicyclic) bond motifs is 1. The second-order valence-corrected chi connectivity index (χ2v) is 9.46. The van der Waals surface area contributed by atoms with Crippen molar-refractivity contribution in [1.82, 2.24) is 15.1 Å². The number of nitrogen functional groups attached to an aromatic ring is 1. The highest BCUT2D eigenvalue weighted by atomic mass is 16.5. The number of carbonyl (C=O) groups excluding carboxylic acids is 4. The second-order valence-electron chi connectivity index (χ2n) is 9.46. The van der Waals surface area contributed by atoms with Crippen LogP contribution in [0.5, 0.6) is 0 Å². The Kier molecular flexibility index (Phi) is 6.72. The fourth-order valence-electron chi connectivity index (χ4n) is 4.86. The molecule has 3 N–H and O–H groups in total. The van der Waals surface area contributed by atoms with Gasteiger partial charge in [-0.05, 0) is 49.1 Å². The number of rotatable bonds is 6. The van der Waals surface area contributed by atoms with E-state index in [9.17, 15) is 24.4 Å². The Morgan fingerprint density at radius 1 is 1.14 bits per heavy atom. The molecule has 1 aromatic heterocycles. The Balaban J connectivity index is 1.51. The number of pyridine rings is 1. The van der Waals surface area contributed by atoms with Crippen molar-refractivity contribution in [1.29, 1.82) is 0 Å². The third-order valence-corrected chi connectivity index (χ3v) is 6.47. The molecule has 3 unspecified atom stereocenters. The molecule has 2 aliphatic heterocycles. The summed E-state index contributed by atoms with van der Waals surface area (Å²) < 4.78 is 0.535. The van der Waals surface area contributed by atoms with Gasteiger partial charge in [-0.3, -0.25) is 19.2 Å². The van der Waals surface area contributed by atoms with Gasteiger partial charge in [0.25, 0.3) is 11.8 Å². The molecule has 10 heteroatoms. The number of carbonyl (C=O) groups is 4. The predicted molar refractivity (Wildman–Crippen MR) is 127 cm³/mol. The fourth-order valence-corrected chi connectivity index (χ4v) is 4.86. The minimum atomic E-state index is -0.815. The lowest BCUT2D eigenvalue weighted by atomic mass is 10.0. The smallest absolute Gasteiger partial charge is 0.260 e. The van der Waals surface area contributed by atoms with Gasteiger partial charge < -0.3 is 26.1 Å². The quantitative estimate of drug-likeness (QED) is 0.356. The van der Waals surface area contributed by atoms with Gasteiger partial charge in [-0.2, -0.15) is 4.73 Å². The zero-order chi connectivity index (χ0) is 25.3. The van der Waals surface area contributed by atoms with E-state index in [0.717, 1.165) is 0 Å². The van der Waals surface area contributed by atoms with Crippen LogP contribution in [0.15, 0.2) is 48.8 Å². The number of nitrogens with two attached hydrogens (primary N) is 1. The molecule has 2 saturated heterocycles. The highest BCUT2D eigenvalue weighted by Crippen LogP contribution is 2.31. The molecular formula is C25H29N5O5. The summed E-state index contributed by atoms with van der Waals surface area (Å²) in [6.45, 7) is 4.07. The molecule has 0 radical (unpaired) electrons. The van der Waals surface area contributed by atoms with Crippen LogP contribution >= 0.6 is 0 Å². The van der Waals surface area contributed by atoms with Crippen molar-refractivity contribution in [3.63, 3.8) is 0 Å². The first-order valence-electron chi connectivity index (χ1n) is 11.6. The molecule has 4 rings (SSSR count). The van der Waals surface area contributed by atoms with E-state index in [1.165, 1.54) is 34.3 Å². The number of anilines is 1. The number of benzene rings is 1. The highest BCUT2D eigenvalue weighted by molar-refractivity contribution is 6.03. The lowest BCUT2D eigenvalue weighted by molar-refractivity contribution is -0.605. The number of aromatic nitrogens is 1. The van der Waals surface area contributed by atoms with Gasteiger partial charge in [-0.1, -0.05) is 13.8 Å². The Morgan fingerprint density at radius 3 is 2.51 bits per heavy atom. The average molecular weight is 480 g/mol. The molecule has 3 atom stereocenters. The topological polar surface area (TPSA) is 140 Å². The van der Waals surface area contributed by atoms with Crippen LogP contribution in [0.3, 0.4) is 0 Å². The molecule has 35 heavy (non-hydrogen) atoms. The molecule has 2 aliphatic rings. The van der Waals surface area contributed by atoms with Crippen LogP contribution in [0.2, 0.25) is 0 Å². The first-order chi connectivity index (χ1) is 16.7. The molecule has 0 bridgehead atoms. The highest BCUT2D eigenvalue weighted by Gasteiger charge is 2.52. The van der Waals surface area contributed by atoms with Gasteiger partial charge >= 0.3 is 0 Å². The van der Waals surface area contributed by atoms with Crippen molar-refractivity contribution in [3.8, 4) is 0 Å². The van der Waals surface area contributed by atoms with E-state index in [1.807, 2.05) is 13.8 Å². The van der Waals surface area contributed by atoms with Crippen LogP contribution in [-0.4, -0.2) is 64.5 Å². The molecule has 10 nitrogen and oxygen atoms in total. The first-order valence-corrected chi connectivity index (χ1v) is 11.6. The summed E-state index contributed by atoms with van der Waals surface area (Å²) in [7, 11) is 0. The van der Waals surface area contributed by atoms with Crippen molar-refractivity contribution in [3.05, 3.63) is 65.1 Å². The monoisotopic (exact) mass is 479 g/mol. The van der Waals surface area contributed by atoms with Crippen LogP contribution in [0.25, 0.3) is 0 Å². The molecule has 0 spiro atoms. The fraction of sp³-hybridized carbons (Fsp3) is 0.400. The zero-order valence-electron chi connectivity index (χ0n) is 19.7. The van der Waals surface area contributed by atoms with Crippen molar-refractivity contribution in [2.45, 2.75) is 44.8 Å². The lowest BCUT2D eigenvalue weighted by Crippen LogP contribution is -2.53. The van der Waals surface area contributed by atoms with Crippen molar-refractivity contribution in [2.24, 2.45) is 5.92 Å². The summed E-state index contributed by atoms with van der Waals surface area (Å²) in [6, 6.07) is 7.36. The van der Waals surface area contributed by atoms with Crippen LogP contribution in [0, 0.1) is 11.1 Å². The number of nitrogens with one attached hydrogen (secondary N) is 1. The van der Waals surface area contributed by atoms with Gasteiger partial charge in [0.1, 0.15) is 17.6 Å². The molecule has 0 aliphatic carbocycles. The SMILES string of the molecule is CC(C)CC(NC(=O)c1ccc(N)cc1)C(=O)N1CCC2C1C(=O)CN2C(=O)c1ccc[n+]([O-])c1.